The molecule has 2 aromatic rings. The van der Waals surface area contributed by atoms with Gasteiger partial charge in [-0.2, -0.15) is 0 Å². The number of piperazine rings is 1. The molecule has 0 aliphatic carbocycles. The summed E-state index contributed by atoms with van der Waals surface area (Å²) >= 11 is 0. The zero-order valence-corrected chi connectivity index (χ0v) is 19.0. The van der Waals surface area contributed by atoms with Gasteiger partial charge in [0.05, 0.1) is 7.11 Å². The molecule has 7 heteroatoms. The Bertz CT molecular complexity index is 782. The molecule has 2 heterocycles. The molecule has 1 aromatic heterocycles. The molecule has 1 aromatic carbocycles. The average molecular weight is 429 g/mol. The third-order valence-corrected chi connectivity index (χ3v) is 5.77. The van der Waals surface area contributed by atoms with E-state index in [1.807, 2.05) is 36.7 Å². The van der Waals surface area contributed by atoms with E-state index in [0.717, 1.165) is 62.9 Å². The van der Waals surface area contributed by atoms with Crippen molar-refractivity contribution in [3.8, 4) is 11.5 Å². The lowest BCUT2D eigenvalue weighted by molar-refractivity contribution is 0.0499. The van der Waals surface area contributed by atoms with Crippen molar-refractivity contribution in [2.24, 2.45) is 0 Å². The maximum Gasteiger partial charge on any atom is 0.127 e. The fraction of sp³-hybridized carbons (Fsp3) is 0.542. The first-order valence-corrected chi connectivity index (χ1v) is 11.1. The van der Waals surface area contributed by atoms with Crippen molar-refractivity contribution in [3.05, 3.63) is 53.9 Å². The van der Waals surface area contributed by atoms with Gasteiger partial charge in [0.15, 0.2) is 0 Å². The molecule has 0 unspecified atom stereocenters. The van der Waals surface area contributed by atoms with Crippen molar-refractivity contribution in [2.45, 2.75) is 26.1 Å². The Morgan fingerprint density at radius 3 is 2.52 bits per heavy atom. The van der Waals surface area contributed by atoms with Crippen LogP contribution in [0.25, 0.3) is 0 Å². The first-order valence-electron chi connectivity index (χ1n) is 11.1. The average Bonchev–Trinajstić information content (AvgIpc) is 2.80. The number of rotatable bonds is 11. The van der Waals surface area contributed by atoms with E-state index in [0.29, 0.717) is 6.54 Å². The van der Waals surface area contributed by atoms with Gasteiger partial charge in [-0.25, -0.2) is 0 Å². The molecule has 0 spiro atoms. The van der Waals surface area contributed by atoms with Gasteiger partial charge in [0.25, 0.3) is 0 Å². The Morgan fingerprint density at radius 2 is 1.84 bits per heavy atom. The smallest absolute Gasteiger partial charge is 0.127 e. The Morgan fingerprint density at radius 1 is 1.10 bits per heavy atom. The summed E-state index contributed by atoms with van der Waals surface area (Å²) in [5.74, 6) is 1.52. The number of hydrogen-bond acceptors (Lipinski definition) is 7. The molecule has 1 atom stereocenters. The van der Waals surface area contributed by atoms with Gasteiger partial charge in [-0.1, -0.05) is 13.0 Å². The first-order chi connectivity index (χ1) is 15.1. The van der Waals surface area contributed by atoms with Crippen molar-refractivity contribution in [2.75, 3.05) is 60.0 Å². The molecule has 7 nitrogen and oxygen atoms in total. The number of hydrogen-bond donors (Lipinski definition) is 1. The minimum atomic E-state index is -0.526. The molecule has 1 N–H and O–H groups in total. The molecule has 31 heavy (non-hydrogen) atoms. The van der Waals surface area contributed by atoms with Gasteiger partial charge in [-0.15, -0.1) is 0 Å². The molecule has 3 rings (SSSR count). The number of aliphatic hydroxyl groups excluding tert-OH is 1. The third-order valence-electron chi connectivity index (χ3n) is 5.77. The van der Waals surface area contributed by atoms with E-state index >= 15 is 0 Å². The van der Waals surface area contributed by atoms with Crippen LogP contribution in [0.1, 0.15) is 18.1 Å². The van der Waals surface area contributed by atoms with Crippen LogP contribution in [-0.2, 0) is 13.1 Å². The fourth-order valence-electron chi connectivity index (χ4n) is 3.76. The van der Waals surface area contributed by atoms with Crippen molar-refractivity contribution in [1.29, 1.82) is 0 Å². The number of aromatic nitrogens is 1. The van der Waals surface area contributed by atoms with Crippen LogP contribution in [0.5, 0.6) is 11.5 Å². The second-order valence-corrected chi connectivity index (χ2v) is 8.20. The van der Waals surface area contributed by atoms with Gasteiger partial charge >= 0.3 is 0 Å². The SMILES string of the molecule is CCN(Cc1ccncc1)Cc1ccc(OC)cc1OC[C@H](O)CN1CCN(C)CC1. The van der Waals surface area contributed by atoms with Gasteiger partial charge in [-0.3, -0.25) is 14.8 Å². The van der Waals surface area contributed by atoms with Gasteiger partial charge in [0, 0.05) is 69.8 Å². The Hall–Kier alpha value is -2.19. The predicted octanol–water partition coefficient (Wildman–Crippen LogP) is 2.10. The van der Waals surface area contributed by atoms with Gasteiger partial charge < -0.3 is 19.5 Å². The molecule has 0 saturated carbocycles. The third kappa shape index (κ3) is 7.47. The van der Waals surface area contributed by atoms with Gasteiger partial charge in [0.2, 0.25) is 0 Å². The highest BCUT2D eigenvalue weighted by Crippen LogP contribution is 2.27. The van der Waals surface area contributed by atoms with Crippen LogP contribution < -0.4 is 9.47 Å². The molecule has 1 fully saturated rings. The van der Waals surface area contributed by atoms with Crippen LogP contribution in [-0.4, -0.2) is 90.9 Å². The van der Waals surface area contributed by atoms with E-state index in [2.05, 4.69) is 39.7 Å². The van der Waals surface area contributed by atoms with E-state index in [1.165, 1.54) is 5.56 Å². The number of ether oxygens (including phenoxy) is 2. The van der Waals surface area contributed by atoms with Crippen LogP contribution >= 0.6 is 0 Å². The van der Waals surface area contributed by atoms with Crippen molar-refractivity contribution >= 4 is 0 Å². The highest BCUT2D eigenvalue weighted by Gasteiger charge is 2.18. The highest BCUT2D eigenvalue weighted by molar-refractivity contribution is 5.40. The predicted molar refractivity (Wildman–Crippen MR) is 122 cm³/mol. The van der Waals surface area contributed by atoms with Crippen LogP contribution in [0.4, 0.5) is 0 Å². The molecule has 0 bridgehead atoms. The number of likely N-dealkylation sites (N-methyl/N-ethyl adjacent to an activating group) is 1. The number of β-amino-alcohol motifs (C(OH)–C–C–N with tert-alkyl or cyclic N) is 1. The van der Waals surface area contributed by atoms with E-state index in [4.69, 9.17) is 9.47 Å². The standard InChI is InChI=1S/C24H36N4O3/c1-4-27(16-20-7-9-25-10-8-20)17-21-5-6-23(30-3)15-24(21)31-19-22(29)18-28-13-11-26(2)12-14-28/h5-10,15,22,29H,4,11-14,16-19H2,1-3H3/t22-/m1/s1. The zero-order chi connectivity index (χ0) is 22.1. The molecule has 1 aliphatic heterocycles. The molecule has 1 aliphatic rings. The Kier molecular flexibility index (Phi) is 9.09. The summed E-state index contributed by atoms with van der Waals surface area (Å²) < 4.78 is 11.5. The van der Waals surface area contributed by atoms with Crippen molar-refractivity contribution in [3.63, 3.8) is 0 Å². The summed E-state index contributed by atoms with van der Waals surface area (Å²) in [7, 11) is 3.79. The largest absolute Gasteiger partial charge is 0.497 e. The normalized spacial score (nSPS) is 16.4. The fourth-order valence-corrected chi connectivity index (χ4v) is 3.76. The summed E-state index contributed by atoms with van der Waals surface area (Å²) in [4.78, 5) is 11.1. The number of methoxy groups -OCH3 is 1. The molecule has 0 amide bonds. The second-order valence-electron chi connectivity index (χ2n) is 8.20. The quantitative estimate of drug-likeness (QED) is 0.588. The maximum atomic E-state index is 10.5. The first kappa shape index (κ1) is 23.5. The number of benzene rings is 1. The maximum absolute atomic E-state index is 10.5. The topological polar surface area (TPSA) is 61.3 Å². The summed E-state index contributed by atoms with van der Waals surface area (Å²) in [5.41, 5.74) is 2.32. The van der Waals surface area contributed by atoms with Gasteiger partial charge in [-0.05, 0) is 37.4 Å². The van der Waals surface area contributed by atoms with Crippen LogP contribution in [0, 0.1) is 0 Å². The van der Waals surface area contributed by atoms with E-state index in [9.17, 15) is 5.11 Å². The van der Waals surface area contributed by atoms with Crippen molar-refractivity contribution in [1.82, 2.24) is 19.7 Å². The summed E-state index contributed by atoms with van der Waals surface area (Å²) in [6.07, 6.45) is 3.13. The summed E-state index contributed by atoms with van der Waals surface area (Å²) in [6.45, 7) is 9.63. The molecular weight excluding hydrogens is 392 g/mol. The molecular formula is C24H36N4O3. The van der Waals surface area contributed by atoms with Crippen LogP contribution in [0.3, 0.4) is 0 Å². The molecule has 170 valence electrons. The lowest BCUT2D eigenvalue weighted by Gasteiger charge is -2.33. The van der Waals surface area contributed by atoms with Crippen LogP contribution in [0.2, 0.25) is 0 Å². The summed E-state index contributed by atoms with van der Waals surface area (Å²) in [6, 6.07) is 10.0. The number of pyridine rings is 1. The minimum Gasteiger partial charge on any atom is -0.497 e. The Balaban J connectivity index is 1.60. The number of nitrogens with zero attached hydrogens (tertiary/aromatic N) is 4. The molecule has 1 saturated heterocycles. The Labute approximate surface area is 186 Å². The highest BCUT2D eigenvalue weighted by atomic mass is 16.5. The van der Waals surface area contributed by atoms with Gasteiger partial charge in [0.1, 0.15) is 24.2 Å². The lowest BCUT2D eigenvalue weighted by Crippen LogP contribution is -2.47. The van der Waals surface area contributed by atoms with E-state index in [1.54, 1.807) is 7.11 Å². The monoisotopic (exact) mass is 428 g/mol. The molecule has 0 radical (unpaired) electrons. The second kappa shape index (κ2) is 12.0. The summed E-state index contributed by atoms with van der Waals surface area (Å²) in [5, 5.41) is 10.5. The van der Waals surface area contributed by atoms with E-state index in [-0.39, 0.29) is 6.61 Å². The minimum absolute atomic E-state index is 0.267. The van der Waals surface area contributed by atoms with Crippen LogP contribution in [0.15, 0.2) is 42.7 Å². The number of aliphatic hydroxyl groups is 1. The lowest BCUT2D eigenvalue weighted by atomic mass is 10.1. The zero-order valence-electron chi connectivity index (χ0n) is 19.0. The van der Waals surface area contributed by atoms with E-state index < -0.39 is 6.10 Å². The van der Waals surface area contributed by atoms with Crippen molar-refractivity contribution < 1.29 is 14.6 Å².